The first-order chi connectivity index (χ1) is 14.0. The van der Waals surface area contributed by atoms with E-state index in [4.69, 9.17) is 21.1 Å². The van der Waals surface area contributed by atoms with Crippen LogP contribution in [-0.4, -0.2) is 34.5 Å². The molecule has 3 rings (SSSR count). The number of amides is 1. The highest BCUT2D eigenvalue weighted by atomic mass is 35.5. The Bertz CT molecular complexity index is 1040. The van der Waals surface area contributed by atoms with E-state index in [1.807, 2.05) is 24.3 Å². The molecular formula is C21H20ClN3O4. The maximum absolute atomic E-state index is 12.2. The maximum Gasteiger partial charge on any atom is 0.331 e. The van der Waals surface area contributed by atoms with Gasteiger partial charge in [-0.05, 0) is 42.8 Å². The molecule has 0 saturated carbocycles. The van der Waals surface area contributed by atoms with Crippen LogP contribution in [0.1, 0.15) is 18.2 Å². The van der Waals surface area contributed by atoms with Gasteiger partial charge < -0.3 is 14.8 Å². The Hall–Kier alpha value is -3.32. The average molecular weight is 414 g/mol. The lowest BCUT2D eigenvalue weighted by atomic mass is 10.2. The summed E-state index contributed by atoms with van der Waals surface area (Å²) in [6.45, 7) is 1.83. The van der Waals surface area contributed by atoms with Crippen molar-refractivity contribution in [2.45, 2.75) is 19.6 Å². The molecule has 150 valence electrons. The fourth-order valence-electron chi connectivity index (χ4n) is 2.63. The van der Waals surface area contributed by atoms with Gasteiger partial charge in [-0.2, -0.15) is 0 Å². The predicted octanol–water partition coefficient (Wildman–Crippen LogP) is 3.26. The van der Waals surface area contributed by atoms with Gasteiger partial charge in [0, 0.05) is 18.8 Å². The molecular weight excluding hydrogens is 394 g/mol. The van der Waals surface area contributed by atoms with E-state index >= 15 is 0 Å². The number of benzene rings is 1. The molecule has 3 aromatic rings. The number of esters is 1. The number of carbonyl (C=O) groups is 2. The molecule has 0 aliphatic carbocycles. The molecule has 29 heavy (non-hydrogen) atoms. The maximum atomic E-state index is 12.2. The minimum absolute atomic E-state index is 0.269. The van der Waals surface area contributed by atoms with Gasteiger partial charge in [0.15, 0.2) is 11.3 Å². The summed E-state index contributed by atoms with van der Waals surface area (Å²) in [6, 6.07) is 12.8. The average Bonchev–Trinajstić information content (AvgIpc) is 3.05. The molecule has 0 bridgehead atoms. The molecule has 2 heterocycles. The zero-order chi connectivity index (χ0) is 20.8. The number of ether oxygens (including phenoxy) is 2. The van der Waals surface area contributed by atoms with Gasteiger partial charge in [-0.3, -0.25) is 9.20 Å². The predicted molar refractivity (Wildman–Crippen MR) is 110 cm³/mol. The third-order valence-electron chi connectivity index (χ3n) is 4.19. The van der Waals surface area contributed by atoms with Crippen LogP contribution in [0.3, 0.4) is 0 Å². The number of nitrogens with one attached hydrogen (secondary N) is 1. The molecule has 0 aliphatic rings. The van der Waals surface area contributed by atoms with Gasteiger partial charge in [-0.25, -0.2) is 9.78 Å². The van der Waals surface area contributed by atoms with Crippen LogP contribution < -0.4 is 10.1 Å². The standard InChI is InChI=1S/C21H20ClN3O4/c1-14(21(27)23-13-15-6-8-16(28-2)9-7-15)29-19(26)11-10-17-20(22)24-18-5-3-4-12-25(17)18/h3-12,14H,13H2,1-2H3,(H,23,27)/b11-10+/t14-/m0/s1. The summed E-state index contributed by atoms with van der Waals surface area (Å²) >= 11 is 6.12. The number of pyridine rings is 1. The summed E-state index contributed by atoms with van der Waals surface area (Å²) in [4.78, 5) is 28.4. The van der Waals surface area contributed by atoms with E-state index in [0.29, 0.717) is 17.9 Å². The molecule has 0 radical (unpaired) electrons. The van der Waals surface area contributed by atoms with Crippen LogP contribution in [-0.2, 0) is 20.9 Å². The molecule has 7 nitrogen and oxygen atoms in total. The van der Waals surface area contributed by atoms with E-state index < -0.39 is 18.0 Å². The SMILES string of the molecule is COc1ccc(CNC(=O)[C@H](C)OC(=O)/C=C/c2c(Cl)nc3ccccn23)cc1. The number of imidazole rings is 1. The molecule has 8 heteroatoms. The number of nitrogens with zero attached hydrogens (tertiary/aromatic N) is 2. The second kappa shape index (κ2) is 9.25. The molecule has 2 aromatic heterocycles. The van der Waals surface area contributed by atoms with E-state index in [0.717, 1.165) is 11.3 Å². The Morgan fingerprint density at radius 2 is 2.00 bits per heavy atom. The Balaban J connectivity index is 1.54. The second-order valence-corrected chi connectivity index (χ2v) is 6.55. The van der Waals surface area contributed by atoms with Crippen molar-refractivity contribution in [3.8, 4) is 5.75 Å². The third-order valence-corrected chi connectivity index (χ3v) is 4.47. The van der Waals surface area contributed by atoms with Crippen molar-refractivity contribution < 1.29 is 19.1 Å². The number of hydrogen-bond donors (Lipinski definition) is 1. The van der Waals surface area contributed by atoms with Gasteiger partial charge in [0.05, 0.1) is 12.8 Å². The summed E-state index contributed by atoms with van der Waals surface area (Å²) in [5, 5.41) is 3.00. The summed E-state index contributed by atoms with van der Waals surface area (Å²) in [7, 11) is 1.59. The summed E-state index contributed by atoms with van der Waals surface area (Å²) in [5.41, 5.74) is 2.12. The largest absolute Gasteiger partial charge is 0.497 e. The molecule has 0 unspecified atom stereocenters. The first kappa shape index (κ1) is 20.4. The third kappa shape index (κ3) is 5.14. The number of fused-ring (bicyclic) bond motifs is 1. The Labute approximate surface area is 172 Å². The zero-order valence-corrected chi connectivity index (χ0v) is 16.7. The molecule has 1 amide bonds. The van der Waals surface area contributed by atoms with Crippen LogP contribution in [0.5, 0.6) is 5.75 Å². The number of aromatic nitrogens is 2. The number of halogens is 1. The lowest BCUT2D eigenvalue weighted by molar-refractivity contribution is -0.150. The van der Waals surface area contributed by atoms with Gasteiger partial charge in [0.1, 0.15) is 11.4 Å². The van der Waals surface area contributed by atoms with Crippen LogP contribution in [0.4, 0.5) is 0 Å². The fourth-order valence-corrected chi connectivity index (χ4v) is 2.87. The lowest BCUT2D eigenvalue weighted by Gasteiger charge is -2.12. The van der Waals surface area contributed by atoms with E-state index in [1.54, 1.807) is 35.9 Å². The minimum Gasteiger partial charge on any atom is -0.497 e. The van der Waals surface area contributed by atoms with Crippen LogP contribution in [0.15, 0.2) is 54.7 Å². The summed E-state index contributed by atoms with van der Waals surface area (Å²) in [5.74, 6) is -0.310. The monoisotopic (exact) mass is 413 g/mol. The Morgan fingerprint density at radius 1 is 1.24 bits per heavy atom. The molecule has 0 aliphatic heterocycles. The minimum atomic E-state index is -0.942. The molecule has 0 fully saturated rings. The topological polar surface area (TPSA) is 81.9 Å². The number of methoxy groups -OCH3 is 1. The fraction of sp³-hybridized carbons (Fsp3) is 0.190. The van der Waals surface area contributed by atoms with Crippen LogP contribution in [0.25, 0.3) is 11.7 Å². The van der Waals surface area contributed by atoms with Crippen LogP contribution in [0, 0.1) is 0 Å². The first-order valence-corrected chi connectivity index (χ1v) is 9.27. The molecule has 1 N–H and O–H groups in total. The first-order valence-electron chi connectivity index (χ1n) is 8.90. The number of hydrogen-bond acceptors (Lipinski definition) is 5. The zero-order valence-electron chi connectivity index (χ0n) is 16.0. The smallest absolute Gasteiger partial charge is 0.331 e. The normalized spacial score (nSPS) is 12.1. The van der Waals surface area contributed by atoms with Crippen LogP contribution in [0.2, 0.25) is 5.15 Å². The molecule has 0 saturated heterocycles. The van der Waals surface area contributed by atoms with Gasteiger partial charge >= 0.3 is 5.97 Å². The van der Waals surface area contributed by atoms with Crippen molar-refractivity contribution in [2.75, 3.05) is 7.11 Å². The molecule has 1 atom stereocenters. The van der Waals surface area contributed by atoms with Crippen molar-refractivity contribution in [2.24, 2.45) is 0 Å². The van der Waals surface area contributed by atoms with Gasteiger partial charge in [-0.1, -0.05) is 29.8 Å². The van der Waals surface area contributed by atoms with Crippen molar-refractivity contribution in [3.63, 3.8) is 0 Å². The summed E-state index contributed by atoms with van der Waals surface area (Å²) in [6.07, 6.45) is 3.57. The molecule has 1 aromatic carbocycles. The lowest BCUT2D eigenvalue weighted by Crippen LogP contribution is -2.35. The highest BCUT2D eigenvalue weighted by Crippen LogP contribution is 2.19. The van der Waals surface area contributed by atoms with Crippen molar-refractivity contribution in [1.29, 1.82) is 0 Å². The second-order valence-electron chi connectivity index (χ2n) is 6.20. The molecule has 0 spiro atoms. The highest BCUT2D eigenvalue weighted by molar-refractivity contribution is 6.31. The number of carbonyl (C=O) groups excluding carboxylic acids is 2. The van der Waals surface area contributed by atoms with Crippen molar-refractivity contribution >= 4 is 35.2 Å². The van der Waals surface area contributed by atoms with E-state index in [9.17, 15) is 9.59 Å². The van der Waals surface area contributed by atoms with E-state index in [-0.39, 0.29) is 5.15 Å². The van der Waals surface area contributed by atoms with Gasteiger partial charge in [0.2, 0.25) is 0 Å². The van der Waals surface area contributed by atoms with E-state index in [2.05, 4.69) is 10.3 Å². The van der Waals surface area contributed by atoms with Crippen molar-refractivity contribution in [3.05, 3.63) is 71.1 Å². The Morgan fingerprint density at radius 3 is 2.72 bits per heavy atom. The van der Waals surface area contributed by atoms with E-state index in [1.165, 1.54) is 19.1 Å². The van der Waals surface area contributed by atoms with Crippen molar-refractivity contribution in [1.82, 2.24) is 14.7 Å². The summed E-state index contributed by atoms with van der Waals surface area (Å²) < 4.78 is 12.0. The Kier molecular flexibility index (Phi) is 6.51. The quantitative estimate of drug-likeness (QED) is 0.475. The van der Waals surface area contributed by atoms with Gasteiger partial charge in [-0.15, -0.1) is 0 Å². The van der Waals surface area contributed by atoms with Gasteiger partial charge in [0.25, 0.3) is 5.91 Å². The number of rotatable bonds is 7. The van der Waals surface area contributed by atoms with Crippen LogP contribution >= 0.6 is 11.6 Å². The highest BCUT2D eigenvalue weighted by Gasteiger charge is 2.16.